The van der Waals surface area contributed by atoms with Crippen molar-refractivity contribution in [3.8, 4) is 0 Å². The van der Waals surface area contributed by atoms with Gasteiger partial charge in [-0.2, -0.15) is 0 Å². The Labute approximate surface area is 138 Å². The molecule has 0 amide bonds. The van der Waals surface area contributed by atoms with Gasteiger partial charge < -0.3 is 10.1 Å². The first-order valence-corrected chi connectivity index (χ1v) is 8.80. The maximum atomic E-state index is 5.75. The lowest BCUT2D eigenvalue weighted by atomic mass is 9.94. The van der Waals surface area contributed by atoms with Crippen LogP contribution in [-0.4, -0.2) is 25.3 Å². The van der Waals surface area contributed by atoms with Gasteiger partial charge in [-0.25, -0.2) is 0 Å². The minimum absolute atomic E-state index is 0.141. The van der Waals surface area contributed by atoms with Crippen molar-refractivity contribution in [2.24, 2.45) is 0 Å². The number of ether oxygens (including phenoxy) is 1. The molecule has 0 aromatic heterocycles. The van der Waals surface area contributed by atoms with E-state index in [1.54, 1.807) is 0 Å². The lowest BCUT2D eigenvalue weighted by molar-refractivity contribution is 0.123. The van der Waals surface area contributed by atoms with Gasteiger partial charge in [0.1, 0.15) is 0 Å². The molecule has 3 heteroatoms. The van der Waals surface area contributed by atoms with Gasteiger partial charge in [0.05, 0.1) is 0 Å². The van der Waals surface area contributed by atoms with Crippen LogP contribution in [0.5, 0.6) is 0 Å². The van der Waals surface area contributed by atoms with Crippen LogP contribution < -0.4 is 5.32 Å². The fraction of sp³-hybridized carbons (Fsp3) is 0.667. The summed E-state index contributed by atoms with van der Waals surface area (Å²) in [5.41, 5.74) is 1.51. The Morgan fingerprint density at radius 2 is 1.90 bits per heavy atom. The van der Waals surface area contributed by atoms with Crippen molar-refractivity contribution in [3.63, 3.8) is 0 Å². The van der Waals surface area contributed by atoms with Gasteiger partial charge in [0.2, 0.25) is 0 Å². The van der Waals surface area contributed by atoms with Crippen LogP contribution in [0.25, 0.3) is 0 Å². The second-order valence-corrected chi connectivity index (χ2v) is 7.46. The zero-order valence-corrected chi connectivity index (χ0v) is 15.5. The molecule has 0 aliphatic heterocycles. The third-order valence-electron chi connectivity index (χ3n) is 3.48. The zero-order chi connectivity index (χ0) is 15.7. The number of rotatable bonds is 9. The largest absolute Gasteiger partial charge is 0.381 e. The molecule has 0 aliphatic carbocycles. The quantitative estimate of drug-likeness (QED) is 0.620. The van der Waals surface area contributed by atoms with E-state index in [1.165, 1.54) is 16.5 Å². The third kappa shape index (κ3) is 7.98. The molecule has 1 rings (SSSR count). The van der Waals surface area contributed by atoms with Gasteiger partial charge in [0.15, 0.2) is 0 Å². The normalized spacial score (nSPS) is 13.4. The Kier molecular flexibility index (Phi) is 8.53. The topological polar surface area (TPSA) is 21.3 Å². The Hall–Kier alpha value is -0.380. The van der Waals surface area contributed by atoms with Crippen molar-refractivity contribution in [1.82, 2.24) is 5.32 Å². The number of halogens is 1. The Morgan fingerprint density at radius 1 is 1.19 bits per heavy atom. The van der Waals surface area contributed by atoms with Crippen LogP contribution in [0.1, 0.15) is 58.4 Å². The summed E-state index contributed by atoms with van der Waals surface area (Å²) in [7, 11) is 0. The summed E-state index contributed by atoms with van der Waals surface area (Å²) < 4.78 is 6.95. The number of benzene rings is 1. The molecule has 0 radical (unpaired) electrons. The standard InChI is InChI=1S/C18H30BrNO/c1-5-6-12-21-13-11-15(14-20-18(2,3)4)16-9-7-8-10-17(16)19/h7-10,15,20H,5-6,11-14H2,1-4H3. The summed E-state index contributed by atoms with van der Waals surface area (Å²) >= 11 is 3.68. The highest BCUT2D eigenvalue weighted by Gasteiger charge is 2.17. The molecule has 1 N–H and O–H groups in total. The van der Waals surface area contributed by atoms with Gasteiger partial charge in [-0.3, -0.25) is 0 Å². The molecular weight excluding hydrogens is 326 g/mol. The van der Waals surface area contributed by atoms with E-state index in [0.29, 0.717) is 5.92 Å². The van der Waals surface area contributed by atoms with E-state index in [4.69, 9.17) is 4.74 Å². The molecule has 0 heterocycles. The fourth-order valence-electron chi connectivity index (χ4n) is 2.18. The molecule has 0 fully saturated rings. The maximum absolute atomic E-state index is 5.75. The number of nitrogens with one attached hydrogen (secondary N) is 1. The summed E-state index contributed by atoms with van der Waals surface area (Å²) in [6.45, 7) is 11.5. The number of unbranched alkanes of at least 4 members (excludes halogenated alkanes) is 1. The average molecular weight is 356 g/mol. The third-order valence-corrected chi connectivity index (χ3v) is 4.20. The average Bonchev–Trinajstić information content (AvgIpc) is 2.42. The number of hydrogen-bond acceptors (Lipinski definition) is 2. The van der Waals surface area contributed by atoms with Gasteiger partial charge in [-0.05, 0) is 51.2 Å². The molecule has 1 aromatic carbocycles. The van der Waals surface area contributed by atoms with Crippen LogP contribution in [0, 0.1) is 0 Å². The molecule has 0 spiro atoms. The van der Waals surface area contributed by atoms with E-state index >= 15 is 0 Å². The Morgan fingerprint density at radius 3 is 2.52 bits per heavy atom. The molecule has 1 aromatic rings. The van der Waals surface area contributed by atoms with Gasteiger partial charge >= 0.3 is 0 Å². The molecule has 1 unspecified atom stereocenters. The van der Waals surface area contributed by atoms with E-state index in [2.05, 4.69) is 73.2 Å². The van der Waals surface area contributed by atoms with Gasteiger partial charge in [-0.15, -0.1) is 0 Å². The van der Waals surface area contributed by atoms with Crippen LogP contribution in [-0.2, 0) is 4.74 Å². The van der Waals surface area contributed by atoms with Crippen LogP contribution in [0.15, 0.2) is 28.7 Å². The minimum Gasteiger partial charge on any atom is -0.381 e. The van der Waals surface area contributed by atoms with Gasteiger partial charge in [0.25, 0.3) is 0 Å². The first kappa shape index (κ1) is 18.7. The van der Waals surface area contributed by atoms with Crippen molar-refractivity contribution in [1.29, 1.82) is 0 Å². The van der Waals surface area contributed by atoms with Crippen LogP contribution in [0.4, 0.5) is 0 Å². The summed E-state index contributed by atoms with van der Waals surface area (Å²) in [4.78, 5) is 0. The monoisotopic (exact) mass is 355 g/mol. The van der Waals surface area contributed by atoms with E-state index in [0.717, 1.165) is 32.6 Å². The van der Waals surface area contributed by atoms with Crippen molar-refractivity contribution >= 4 is 15.9 Å². The van der Waals surface area contributed by atoms with E-state index in [1.807, 2.05) is 0 Å². The number of hydrogen-bond donors (Lipinski definition) is 1. The SMILES string of the molecule is CCCCOCCC(CNC(C)(C)C)c1ccccc1Br. The van der Waals surface area contributed by atoms with Crippen molar-refractivity contribution in [3.05, 3.63) is 34.3 Å². The summed E-state index contributed by atoms with van der Waals surface area (Å²) in [6, 6.07) is 8.52. The smallest absolute Gasteiger partial charge is 0.0472 e. The summed E-state index contributed by atoms with van der Waals surface area (Å²) in [5, 5.41) is 3.62. The molecule has 0 saturated heterocycles. The first-order valence-electron chi connectivity index (χ1n) is 8.01. The predicted octanol–water partition coefficient (Wildman–Crippen LogP) is 5.13. The molecule has 0 saturated carbocycles. The molecule has 2 nitrogen and oxygen atoms in total. The lowest BCUT2D eigenvalue weighted by Crippen LogP contribution is -2.38. The molecule has 21 heavy (non-hydrogen) atoms. The van der Waals surface area contributed by atoms with E-state index in [9.17, 15) is 0 Å². The van der Waals surface area contributed by atoms with Gasteiger partial charge in [0, 0.05) is 29.8 Å². The molecule has 120 valence electrons. The second kappa shape index (κ2) is 9.60. The summed E-state index contributed by atoms with van der Waals surface area (Å²) in [5.74, 6) is 0.474. The lowest BCUT2D eigenvalue weighted by Gasteiger charge is -2.26. The molecular formula is C18H30BrNO. The van der Waals surface area contributed by atoms with Crippen LogP contribution in [0.2, 0.25) is 0 Å². The molecule has 0 aliphatic rings. The van der Waals surface area contributed by atoms with E-state index in [-0.39, 0.29) is 5.54 Å². The minimum atomic E-state index is 0.141. The van der Waals surface area contributed by atoms with Crippen LogP contribution >= 0.6 is 15.9 Å². The Bertz CT molecular complexity index is 400. The molecule has 1 atom stereocenters. The van der Waals surface area contributed by atoms with Gasteiger partial charge in [-0.1, -0.05) is 47.5 Å². The second-order valence-electron chi connectivity index (χ2n) is 6.60. The Balaban J connectivity index is 2.60. The fourth-order valence-corrected chi connectivity index (χ4v) is 2.79. The van der Waals surface area contributed by atoms with Crippen molar-refractivity contribution in [2.75, 3.05) is 19.8 Å². The van der Waals surface area contributed by atoms with Crippen molar-refractivity contribution in [2.45, 2.75) is 58.4 Å². The highest BCUT2D eigenvalue weighted by molar-refractivity contribution is 9.10. The summed E-state index contributed by atoms with van der Waals surface area (Å²) in [6.07, 6.45) is 3.40. The zero-order valence-electron chi connectivity index (χ0n) is 13.9. The van der Waals surface area contributed by atoms with Crippen LogP contribution in [0.3, 0.4) is 0 Å². The predicted molar refractivity (Wildman–Crippen MR) is 95.0 cm³/mol. The van der Waals surface area contributed by atoms with E-state index < -0.39 is 0 Å². The first-order chi connectivity index (χ1) is 9.94. The highest BCUT2D eigenvalue weighted by atomic mass is 79.9. The maximum Gasteiger partial charge on any atom is 0.0472 e. The highest BCUT2D eigenvalue weighted by Crippen LogP contribution is 2.27. The van der Waals surface area contributed by atoms with Crippen molar-refractivity contribution < 1.29 is 4.74 Å². The molecule has 0 bridgehead atoms.